The second-order valence-electron chi connectivity index (χ2n) is 7.22. The molecule has 0 unspecified atom stereocenters. The number of nitrogens with zero attached hydrogens (tertiary/aromatic N) is 2. The van der Waals surface area contributed by atoms with Crippen molar-refractivity contribution in [2.45, 2.75) is 25.6 Å². The maximum absolute atomic E-state index is 12.6. The van der Waals surface area contributed by atoms with Gasteiger partial charge in [-0.15, -0.1) is 0 Å². The van der Waals surface area contributed by atoms with Crippen molar-refractivity contribution in [1.82, 2.24) is 4.98 Å². The minimum absolute atomic E-state index is 0.103. The van der Waals surface area contributed by atoms with Gasteiger partial charge in [-0.1, -0.05) is 36.4 Å². The molecule has 29 heavy (non-hydrogen) atoms. The van der Waals surface area contributed by atoms with E-state index >= 15 is 0 Å². The molecule has 0 amide bonds. The van der Waals surface area contributed by atoms with Crippen LogP contribution in [0.5, 0.6) is 5.88 Å². The number of hydrogen-bond donors (Lipinski definition) is 0. The Morgan fingerprint density at radius 2 is 1.83 bits per heavy atom. The summed E-state index contributed by atoms with van der Waals surface area (Å²) in [6.07, 6.45) is -2.89. The van der Waals surface area contributed by atoms with Crippen molar-refractivity contribution in [3.05, 3.63) is 78.0 Å². The van der Waals surface area contributed by atoms with Gasteiger partial charge in [-0.3, -0.25) is 0 Å². The average molecular weight is 398 g/mol. The van der Waals surface area contributed by atoms with E-state index in [1.54, 1.807) is 0 Å². The predicted molar refractivity (Wildman–Crippen MR) is 107 cm³/mol. The maximum Gasteiger partial charge on any atom is 0.417 e. The quantitative estimate of drug-likeness (QED) is 0.561. The minimum Gasteiger partial charge on any atom is -0.472 e. The summed E-state index contributed by atoms with van der Waals surface area (Å²) in [4.78, 5) is 6.04. The molecule has 0 saturated carbocycles. The molecule has 1 aliphatic heterocycles. The van der Waals surface area contributed by atoms with Crippen molar-refractivity contribution in [3.63, 3.8) is 0 Å². The molecular weight excluding hydrogens is 377 g/mol. The molecule has 3 aromatic rings. The van der Waals surface area contributed by atoms with Gasteiger partial charge >= 0.3 is 6.18 Å². The van der Waals surface area contributed by atoms with Crippen LogP contribution in [-0.4, -0.2) is 24.2 Å². The van der Waals surface area contributed by atoms with Crippen LogP contribution in [0.25, 0.3) is 11.1 Å². The third kappa shape index (κ3) is 4.36. The smallest absolute Gasteiger partial charge is 0.417 e. The fourth-order valence-electron chi connectivity index (χ4n) is 3.63. The molecule has 0 bridgehead atoms. The summed E-state index contributed by atoms with van der Waals surface area (Å²) in [6, 6.07) is 18.9. The number of pyridine rings is 1. The first-order valence-electron chi connectivity index (χ1n) is 9.51. The van der Waals surface area contributed by atoms with Crippen molar-refractivity contribution in [2.75, 3.05) is 18.0 Å². The Bertz CT molecular complexity index is 972. The van der Waals surface area contributed by atoms with Crippen LogP contribution in [0.3, 0.4) is 0 Å². The molecule has 3 nitrogen and oxygen atoms in total. The van der Waals surface area contributed by atoms with Crippen LogP contribution in [0.4, 0.5) is 18.9 Å². The molecule has 2 heterocycles. The monoisotopic (exact) mass is 398 g/mol. The lowest BCUT2D eigenvalue weighted by Gasteiger charge is -2.20. The van der Waals surface area contributed by atoms with Crippen molar-refractivity contribution in [3.8, 4) is 17.0 Å². The molecule has 1 saturated heterocycles. The van der Waals surface area contributed by atoms with Gasteiger partial charge in [0.05, 0.1) is 12.1 Å². The highest BCUT2D eigenvalue weighted by molar-refractivity contribution is 5.70. The predicted octanol–water partition coefficient (Wildman–Crippen LogP) is 5.73. The molecule has 1 aliphatic rings. The largest absolute Gasteiger partial charge is 0.472 e. The van der Waals surface area contributed by atoms with Crippen molar-refractivity contribution in [1.29, 1.82) is 0 Å². The molecule has 0 spiro atoms. The zero-order valence-corrected chi connectivity index (χ0v) is 16.0. The molecule has 0 radical (unpaired) electrons. The van der Waals surface area contributed by atoms with Gasteiger partial charge < -0.3 is 9.64 Å². The van der Waals surface area contributed by atoms with Crippen LogP contribution < -0.4 is 9.64 Å². The topological polar surface area (TPSA) is 25.4 Å². The molecular formula is C23H21F3N2O. The molecule has 6 heteroatoms. The molecule has 4 rings (SSSR count). The second kappa shape index (κ2) is 7.78. The van der Waals surface area contributed by atoms with Crippen molar-refractivity contribution < 1.29 is 17.9 Å². The van der Waals surface area contributed by atoms with Crippen LogP contribution in [-0.2, 0) is 6.18 Å². The fraction of sp³-hybridized carbons (Fsp3) is 0.261. The lowest BCUT2D eigenvalue weighted by Crippen LogP contribution is -2.24. The normalized spacial score (nSPS) is 16.8. The third-order valence-corrected chi connectivity index (χ3v) is 5.16. The summed E-state index contributed by atoms with van der Waals surface area (Å²) >= 11 is 0. The van der Waals surface area contributed by atoms with Crippen molar-refractivity contribution >= 4 is 5.69 Å². The van der Waals surface area contributed by atoms with Crippen LogP contribution in [0.1, 0.15) is 17.5 Å². The van der Waals surface area contributed by atoms with E-state index in [4.69, 9.17) is 4.74 Å². The minimum atomic E-state index is -4.39. The molecule has 2 aromatic carbocycles. The van der Waals surface area contributed by atoms with Gasteiger partial charge in [0.1, 0.15) is 6.10 Å². The Kier molecular flexibility index (Phi) is 5.18. The summed E-state index contributed by atoms with van der Waals surface area (Å²) in [5, 5.41) is 0. The van der Waals surface area contributed by atoms with Gasteiger partial charge in [-0.05, 0) is 41.8 Å². The Morgan fingerprint density at radius 1 is 1.03 bits per heavy atom. The van der Waals surface area contributed by atoms with Crippen LogP contribution in [0, 0.1) is 6.92 Å². The number of aromatic nitrogens is 1. The number of alkyl halides is 3. The first-order valence-corrected chi connectivity index (χ1v) is 9.51. The highest BCUT2D eigenvalue weighted by atomic mass is 19.4. The number of anilines is 1. The van der Waals surface area contributed by atoms with E-state index in [-0.39, 0.29) is 12.0 Å². The summed E-state index contributed by atoms with van der Waals surface area (Å²) in [6.45, 7) is 3.60. The summed E-state index contributed by atoms with van der Waals surface area (Å²) < 4.78 is 43.7. The standard InChI is InChI=1S/C23H21F3N2O/c1-16-13-19(8-9-21(16)17-5-3-2-4-6-17)28-12-11-20(15-28)29-22-10-7-18(14-27-22)23(24,25)26/h2-10,13-14,20H,11-12,15H2,1H3/t20-/m0/s1. The lowest BCUT2D eigenvalue weighted by atomic mass is 10.00. The molecule has 1 fully saturated rings. The number of hydrogen-bond acceptors (Lipinski definition) is 3. The van der Waals surface area contributed by atoms with E-state index in [2.05, 4.69) is 47.1 Å². The van der Waals surface area contributed by atoms with Gasteiger partial charge in [0.25, 0.3) is 0 Å². The second-order valence-corrected chi connectivity index (χ2v) is 7.22. The zero-order valence-electron chi connectivity index (χ0n) is 16.0. The molecule has 1 atom stereocenters. The molecule has 1 aromatic heterocycles. The van der Waals surface area contributed by atoms with E-state index in [1.807, 2.05) is 18.2 Å². The summed E-state index contributed by atoms with van der Waals surface area (Å²) in [7, 11) is 0. The highest BCUT2D eigenvalue weighted by Gasteiger charge is 2.31. The third-order valence-electron chi connectivity index (χ3n) is 5.16. The van der Waals surface area contributed by atoms with Gasteiger partial charge in [-0.25, -0.2) is 4.98 Å². The van der Waals surface area contributed by atoms with E-state index < -0.39 is 11.7 Å². The molecule has 0 N–H and O–H groups in total. The number of halogens is 3. The fourth-order valence-corrected chi connectivity index (χ4v) is 3.63. The van der Waals surface area contributed by atoms with E-state index in [1.165, 1.54) is 22.8 Å². The Morgan fingerprint density at radius 3 is 2.48 bits per heavy atom. The van der Waals surface area contributed by atoms with Gasteiger partial charge in [0, 0.05) is 30.9 Å². The number of aryl methyl sites for hydroxylation is 1. The number of benzene rings is 2. The molecule has 150 valence electrons. The number of rotatable bonds is 4. The van der Waals surface area contributed by atoms with Crippen LogP contribution >= 0.6 is 0 Å². The van der Waals surface area contributed by atoms with Crippen LogP contribution in [0.15, 0.2) is 66.9 Å². The van der Waals surface area contributed by atoms with E-state index in [0.29, 0.717) is 6.54 Å². The summed E-state index contributed by atoms with van der Waals surface area (Å²) in [5.74, 6) is 0.223. The first kappa shape index (κ1) is 19.3. The Hall–Kier alpha value is -3.02. The van der Waals surface area contributed by atoms with Crippen LogP contribution in [0.2, 0.25) is 0 Å². The lowest BCUT2D eigenvalue weighted by molar-refractivity contribution is -0.137. The Labute approximate surface area is 167 Å². The van der Waals surface area contributed by atoms with E-state index in [0.717, 1.165) is 30.9 Å². The SMILES string of the molecule is Cc1cc(N2CC[C@H](Oc3ccc(C(F)(F)F)cn3)C2)ccc1-c1ccccc1. The zero-order chi connectivity index (χ0) is 20.4. The number of ether oxygens (including phenoxy) is 1. The van der Waals surface area contributed by atoms with Crippen molar-refractivity contribution in [2.24, 2.45) is 0 Å². The van der Waals surface area contributed by atoms with Gasteiger partial charge in [0.2, 0.25) is 5.88 Å². The maximum atomic E-state index is 12.6. The van der Waals surface area contributed by atoms with E-state index in [9.17, 15) is 13.2 Å². The summed E-state index contributed by atoms with van der Waals surface area (Å²) in [5.41, 5.74) is 3.94. The molecule has 0 aliphatic carbocycles. The van der Waals surface area contributed by atoms with Gasteiger partial charge in [-0.2, -0.15) is 13.2 Å². The average Bonchev–Trinajstić information content (AvgIpc) is 3.17. The first-order chi connectivity index (χ1) is 13.9. The highest BCUT2D eigenvalue weighted by Crippen LogP contribution is 2.31. The van der Waals surface area contributed by atoms with Gasteiger partial charge in [0.15, 0.2) is 0 Å². The Balaban J connectivity index is 1.41.